The summed E-state index contributed by atoms with van der Waals surface area (Å²) in [4.78, 5) is 0. The van der Waals surface area contributed by atoms with Crippen molar-refractivity contribution in [3.63, 3.8) is 0 Å². The van der Waals surface area contributed by atoms with E-state index in [4.69, 9.17) is 0 Å². The molecule has 0 saturated heterocycles. The molecule has 0 heterocycles. The Morgan fingerprint density at radius 1 is 1.17 bits per heavy atom. The molecule has 12 heavy (non-hydrogen) atoms. The monoisotopic (exact) mass is 189 g/mol. The molecule has 0 aliphatic heterocycles. The third-order valence-corrected chi connectivity index (χ3v) is 2.62. The summed E-state index contributed by atoms with van der Waals surface area (Å²) in [6.07, 6.45) is 0. The maximum absolute atomic E-state index is 3.39. The van der Waals surface area contributed by atoms with Crippen molar-refractivity contribution in [2.45, 2.75) is 27.7 Å². The molecule has 0 aromatic heterocycles. The van der Waals surface area contributed by atoms with Crippen LogP contribution < -0.4 is 5.32 Å². The molecule has 72 valence electrons. The Morgan fingerprint density at radius 3 is 2.08 bits per heavy atom. The molecule has 0 amide bonds. The van der Waals surface area contributed by atoms with Gasteiger partial charge in [-0.05, 0) is 32.5 Å². The Bertz CT molecular complexity index is 129. The Hall–Kier alpha value is -0.180. The van der Waals surface area contributed by atoms with Gasteiger partial charge in [0.2, 0.25) is 0 Å². The molecule has 0 saturated carbocycles. The van der Waals surface area contributed by atoms with Crippen molar-refractivity contribution in [1.82, 2.24) is 5.32 Å². The maximum atomic E-state index is 3.39. The SMILES string of the molecule is CCNC(SCC)=[N+](CC)CC. The molecule has 1 N–H and O–H groups in total. The van der Waals surface area contributed by atoms with Gasteiger partial charge in [-0.1, -0.05) is 6.92 Å². The fourth-order valence-corrected chi connectivity index (χ4v) is 2.01. The van der Waals surface area contributed by atoms with Gasteiger partial charge in [-0.2, -0.15) is 0 Å². The summed E-state index contributed by atoms with van der Waals surface area (Å²) in [5.41, 5.74) is 0. The van der Waals surface area contributed by atoms with Crippen LogP contribution in [0.25, 0.3) is 0 Å². The first kappa shape index (κ1) is 11.8. The number of hydrogen-bond donors (Lipinski definition) is 1. The fourth-order valence-electron chi connectivity index (χ4n) is 1.05. The lowest BCUT2D eigenvalue weighted by Gasteiger charge is -2.07. The molecular weight excluding hydrogens is 168 g/mol. The van der Waals surface area contributed by atoms with E-state index in [9.17, 15) is 0 Å². The van der Waals surface area contributed by atoms with E-state index >= 15 is 0 Å². The lowest BCUT2D eigenvalue weighted by Crippen LogP contribution is -2.31. The lowest BCUT2D eigenvalue weighted by molar-refractivity contribution is -0.519. The summed E-state index contributed by atoms with van der Waals surface area (Å²) in [7, 11) is 0. The third kappa shape index (κ3) is 4.00. The molecule has 0 radical (unpaired) electrons. The first-order valence-corrected chi connectivity index (χ1v) is 5.77. The van der Waals surface area contributed by atoms with Crippen LogP contribution in [0.2, 0.25) is 0 Å². The van der Waals surface area contributed by atoms with Gasteiger partial charge in [0.1, 0.15) is 0 Å². The molecule has 2 nitrogen and oxygen atoms in total. The highest BCUT2D eigenvalue weighted by Gasteiger charge is 2.08. The zero-order valence-electron chi connectivity index (χ0n) is 8.68. The van der Waals surface area contributed by atoms with E-state index < -0.39 is 0 Å². The highest BCUT2D eigenvalue weighted by Crippen LogP contribution is 2.00. The molecule has 3 heteroatoms. The number of nitrogens with one attached hydrogen (secondary N) is 1. The number of thioether (sulfide) groups is 1. The molecular formula is C9H21N2S+. The van der Waals surface area contributed by atoms with Crippen LogP contribution in [-0.4, -0.2) is 35.1 Å². The lowest BCUT2D eigenvalue weighted by atomic mass is 10.6. The molecule has 0 rings (SSSR count). The summed E-state index contributed by atoms with van der Waals surface area (Å²) in [5, 5.41) is 4.72. The maximum Gasteiger partial charge on any atom is 0.306 e. The van der Waals surface area contributed by atoms with Gasteiger partial charge in [-0.25, -0.2) is 0 Å². The highest BCUT2D eigenvalue weighted by molar-refractivity contribution is 8.13. The van der Waals surface area contributed by atoms with Crippen molar-refractivity contribution in [1.29, 1.82) is 0 Å². The van der Waals surface area contributed by atoms with E-state index in [1.165, 1.54) is 5.17 Å². The Labute approximate surface area is 80.4 Å². The second-order valence-corrected chi connectivity index (χ2v) is 3.69. The van der Waals surface area contributed by atoms with E-state index in [0.717, 1.165) is 25.4 Å². The van der Waals surface area contributed by atoms with E-state index in [1.807, 2.05) is 11.8 Å². The van der Waals surface area contributed by atoms with Gasteiger partial charge in [0.25, 0.3) is 0 Å². The zero-order chi connectivity index (χ0) is 9.40. The molecule has 0 bridgehead atoms. The standard InChI is InChI=1S/C9H20N2S/c1-5-10-9(12-8-4)11(6-2)7-3/h5-8H2,1-4H3/p+1. The van der Waals surface area contributed by atoms with Crippen LogP contribution in [-0.2, 0) is 0 Å². The minimum atomic E-state index is 1.01. The predicted molar refractivity (Wildman–Crippen MR) is 58.2 cm³/mol. The van der Waals surface area contributed by atoms with E-state index in [-0.39, 0.29) is 0 Å². The van der Waals surface area contributed by atoms with Gasteiger partial charge in [-0.15, -0.1) is 0 Å². The molecule has 0 fully saturated rings. The number of amidine groups is 1. The topological polar surface area (TPSA) is 15.0 Å². The molecule has 0 atom stereocenters. The third-order valence-electron chi connectivity index (χ3n) is 1.66. The molecule has 0 unspecified atom stereocenters. The van der Waals surface area contributed by atoms with Gasteiger partial charge < -0.3 is 0 Å². The summed E-state index contributed by atoms with van der Waals surface area (Å²) in [6, 6.07) is 0. The van der Waals surface area contributed by atoms with E-state index in [2.05, 4.69) is 37.6 Å². The smallest absolute Gasteiger partial charge is 0.269 e. The van der Waals surface area contributed by atoms with Gasteiger partial charge in [-0.3, -0.25) is 9.89 Å². The normalized spacial score (nSPS) is 9.67. The number of nitrogens with zero attached hydrogens (tertiary/aromatic N) is 1. The Morgan fingerprint density at radius 2 is 1.75 bits per heavy atom. The second kappa shape index (κ2) is 7.47. The van der Waals surface area contributed by atoms with Crippen molar-refractivity contribution in [3.8, 4) is 0 Å². The number of hydrogen-bond acceptors (Lipinski definition) is 1. The summed E-state index contributed by atoms with van der Waals surface area (Å²) < 4.78 is 2.36. The minimum absolute atomic E-state index is 1.01. The van der Waals surface area contributed by atoms with Crippen LogP contribution >= 0.6 is 11.8 Å². The van der Waals surface area contributed by atoms with Crippen LogP contribution in [0.3, 0.4) is 0 Å². The predicted octanol–water partition coefficient (Wildman–Crippen LogP) is 1.76. The first-order valence-electron chi connectivity index (χ1n) is 4.78. The summed E-state index contributed by atoms with van der Waals surface area (Å²) in [6.45, 7) is 11.9. The summed E-state index contributed by atoms with van der Waals surface area (Å²) >= 11 is 1.89. The second-order valence-electron chi connectivity index (χ2n) is 2.44. The van der Waals surface area contributed by atoms with Gasteiger partial charge in [0, 0.05) is 5.75 Å². The van der Waals surface area contributed by atoms with Crippen molar-refractivity contribution < 1.29 is 4.58 Å². The van der Waals surface area contributed by atoms with E-state index in [0.29, 0.717) is 0 Å². The quantitative estimate of drug-likeness (QED) is 0.412. The van der Waals surface area contributed by atoms with Crippen molar-refractivity contribution in [2.75, 3.05) is 25.4 Å². The molecule has 0 aliphatic rings. The minimum Gasteiger partial charge on any atom is -0.269 e. The van der Waals surface area contributed by atoms with Crippen molar-refractivity contribution in [2.24, 2.45) is 0 Å². The Kier molecular flexibility index (Phi) is 7.36. The van der Waals surface area contributed by atoms with Crippen LogP contribution in [0, 0.1) is 0 Å². The molecule has 0 aromatic rings. The van der Waals surface area contributed by atoms with Gasteiger partial charge in [0.15, 0.2) is 0 Å². The van der Waals surface area contributed by atoms with E-state index in [1.54, 1.807) is 0 Å². The molecule has 0 aromatic carbocycles. The average molecular weight is 189 g/mol. The van der Waals surface area contributed by atoms with Crippen LogP contribution in [0.4, 0.5) is 0 Å². The zero-order valence-corrected chi connectivity index (χ0v) is 9.50. The van der Waals surface area contributed by atoms with Gasteiger partial charge in [0.05, 0.1) is 19.6 Å². The average Bonchev–Trinajstić information content (AvgIpc) is 2.07. The van der Waals surface area contributed by atoms with Crippen LogP contribution in [0.5, 0.6) is 0 Å². The largest absolute Gasteiger partial charge is 0.306 e. The van der Waals surface area contributed by atoms with Gasteiger partial charge >= 0.3 is 5.17 Å². The van der Waals surface area contributed by atoms with Crippen LogP contribution in [0.15, 0.2) is 0 Å². The fraction of sp³-hybridized carbons (Fsp3) is 0.889. The molecule has 0 aliphatic carbocycles. The Balaban J connectivity index is 4.27. The van der Waals surface area contributed by atoms with Crippen LogP contribution in [0.1, 0.15) is 27.7 Å². The number of rotatable bonds is 4. The van der Waals surface area contributed by atoms with Crippen molar-refractivity contribution in [3.05, 3.63) is 0 Å². The molecule has 0 spiro atoms. The first-order chi connectivity index (χ1) is 5.79. The summed E-state index contributed by atoms with van der Waals surface area (Å²) in [5.74, 6) is 1.14. The van der Waals surface area contributed by atoms with Crippen molar-refractivity contribution >= 4 is 16.9 Å². The highest BCUT2D eigenvalue weighted by atomic mass is 32.2.